The maximum Gasteiger partial charge on any atom is 0.271 e. The Morgan fingerprint density at radius 2 is 2.04 bits per heavy atom. The molecule has 7 heteroatoms. The Bertz CT molecular complexity index is 747. The third-order valence-electron chi connectivity index (χ3n) is 2.87. The molecule has 0 aliphatic heterocycles. The number of nitrogens with zero attached hydrogens (tertiary/aromatic N) is 1. The quantitative estimate of drug-likeness (QED) is 0.390. The van der Waals surface area contributed by atoms with Crippen LogP contribution in [0, 0.1) is 3.57 Å². The number of hydrogen-bond donors (Lipinski definition) is 3. The number of phenols is 2. The van der Waals surface area contributed by atoms with Crippen molar-refractivity contribution in [2.45, 2.75) is 6.92 Å². The molecule has 6 nitrogen and oxygen atoms in total. The number of halogens is 1. The molecule has 0 heterocycles. The lowest BCUT2D eigenvalue weighted by atomic mass is 10.2. The molecule has 0 aromatic heterocycles. The van der Waals surface area contributed by atoms with E-state index in [4.69, 9.17) is 4.74 Å². The molecule has 0 saturated heterocycles. The zero-order chi connectivity index (χ0) is 16.8. The van der Waals surface area contributed by atoms with Crippen molar-refractivity contribution in [3.05, 3.63) is 51.1 Å². The van der Waals surface area contributed by atoms with E-state index in [1.165, 1.54) is 18.3 Å². The summed E-state index contributed by atoms with van der Waals surface area (Å²) in [6, 6.07) is 9.37. The van der Waals surface area contributed by atoms with Gasteiger partial charge in [0.15, 0.2) is 11.5 Å². The lowest BCUT2D eigenvalue weighted by molar-refractivity contribution is 0.0954. The van der Waals surface area contributed by atoms with E-state index in [1.807, 2.05) is 29.5 Å². The van der Waals surface area contributed by atoms with Crippen LogP contribution in [0.4, 0.5) is 0 Å². The Kier molecular flexibility index (Phi) is 5.80. The number of phenolic OH excluding ortho intramolecular Hbond substituents is 2. The van der Waals surface area contributed by atoms with Crippen molar-refractivity contribution in [2.75, 3.05) is 6.61 Å². The average Bonchev–Trinajstić information content (AvgIpc) is 2.53. The van der Waals surface area contributed by atoms with Crippen molar-refractivity contribution in [1.82, 2.24) is 5.43 Å². The van der Waals surface area contributed by atoms with Gasteiger partial charge in [-0.3, -0.25) is 4.79 Å². The average molecular weight is 426 g/mol. The van der Waals surface area contributed by atoms with Gasteiger partial charge in [0.2, 0.25) is 0 Å². The van der Waals surface area contributed by atoms with E-state index < -0.39 is 5.91 Å². The number of hydrogen-bond acceptors (Lipinski definition) is 5. The van der Waals surface area contributed by atoms with E-state index in [0.29, 0.717) is 27.1 Å². The highest BCUT2D eigenvalue weighted by Crippen LogP contribution is 2.26. The summed E-state index contributed by atoms with van der Waals surface area (Å²) in [6.45, 7) is 2.25. The minimum atomic E-state index is -0.434. The van der Waals surface area contributed by atoms with Crippen molar-refractivity contribution < 1.29 is 19.7 Å². The smallest absolute Gasteiger partial charge is 0.271 e. The molecule has 2 aromatic carbocycles. The first-order chi connectivity index (χ1) is 11.0. The van der Waals surface area contributed by atoms with E-state index in [1.54, 1.807) is 24.3 Å². The van der Waals surface area contributed by atoms with E-state index in [0.717, 1.165) is 0 Å². The van der Waals surface area contributed by atoms with Crippen molar-refractivity contribution in [1.29, 1.82) is 0 Å². The fourth-order valence-corrected chi connectivity index (χ4v) is 2.10. The molecule has 0 aliphatic rings. The van der Waals surface area contributed by atoms with Crippen molar-refractivity contribution in [3.63, 3.8) is 0 Å². The summed E-state index contributed by atoms with van der Waals surface area (Å²) in [5.41, 5.74) is 3.34. The zero-order valence-electron chi connectivity index (χ0n) is 12.3. The molecule has 0 unspecified atom stereocenters. The van der Waals surface area contributed by atoms with E-state index in [9.17, 15) is 15.0 Å². The second-order valence-electron chi connectivity index (χ2n) is 4.53. The highest BCUT2D eigenvalue weighted by Gasteiger charge is 2.07. The van der Waals surface area contributed by atoms with Gasteiger partial charge in [-0.1, -0.05) is 0 Å². The zero-order valence-corrected chi connectivity index (χ0v) is 14.4. The van der Waals surface area contributed by atoms with Gasteiger partial charge in [-0.15, -0.1) is 0 Å². The number of amides is 1. The van der Waals surface area contributed by atoms with Crippen LogP contribution in [0.2, 0.25) is 0 Å². The van der Waals surface area contributed by atoms with Crippen LogP contribution in [-0.4, -0.2) is 28.9 Å². The number of carbonyl (C=O) groups is 1. The lowest BCUT2D eigenvalue weighted by Crippen LogP contribution is -2.17. The molecule has 0 atom stereocenters. The Morgan fingerprint density at radius 1 is 1.26 bits per heavy atom. The third kappa shape index (κ3) is 4.59. The highest BCUT2D eigenvalue weighted by atomic mass is 127. The molecule has 0 radical (unpaired) electrons. The summed E-state index contributed by atoms with van der Waals surface area (Å²) in [5.74, 6) is 0.00612. The first-order valence-electron chi connectivity index (χ1n) is 6.79. The fraction of sp³-hybridized carbons (Fsp3) is 0.125. The summed E-state index contributed by atoms with van der Waals surface area (Å²) in [6.07, 6.45) is 1.44. The normalized spacial score (nSPS) is 10.7. The second-order valence-corrected chi connectivity index (χ2v) is 5.69. The Hall–Kier alpha value is -2.29. The fourth-order valence-electron chi connectivity index (χ4n) is 1.77. The minimum Gasteiger partial charge on any atom is -0.507 e. The Morgan fingerprint density at radius 3 is 2.74 bits per heavy atom. The summed E-state index contributed by atoms with van der Waals surface area (Å²) in [7, 11) is 0. The summed E-state index contributed by atoms with van der Waals surface area (Å²) < 4.78 is 5.93. The van der Waals surface area contributed by atoms with Crippen LogP contribution >= 0.6 is 22.6 Å². The molecule has 0 saturated carbocycles. The highest BCUT2D eigenvalue weighted by molar-refractivity contribution is 14.1. The molecule has 23 heavy (non-hydrogen) atoms. The van der Waals surface area contributed by atoms with Crippen molar-refractivity contribution in [3.8, 4) is 17.2 Å². The van der Waals surface area contributed by atoms with Gasteiger partial charge in [-0.05, 0) is 71.5 Å². The van der Waals surface area contributed by atoms with Gasteiger partial charge in [-0.2, -0.15) is 5.10 Å². The Balaban J connectivity index is 2.04. The van der Waals surface area contributed by atoms with Crippen LogP contribution in [0.1, 0.15) is 22.8 Å². The first-order valence-corrected chi connectivity index (χ1v) is 7.87. The number of carbonyl (C=O) groups excluding carboxylic acids is 1. The van der Waals surface area contributed by atoms with Crippen molar-refractivity contribution in [2.24, 2.45) is 5.10 Å². The third-order valence-corrected chi connectivity index (χ3v) is 3.78. The van der Waals surface area contributed by atoms with Crippen LogP contribution in [0.15, 0.2) is 41.5 Å². The summed E-state index contributed by atoms with van der Waals surface area (Å²) in [4.78, 5) is 11.9. The molecule has 2 rings (SSSR count). The number of hydrazone groups is 1. The van der Waals surface area contributed by atoms with Gasteiger partial charge in [-0.25, -0.2) is 5.43 Å². The number of rotatable bonds is 5. The SMILES string of the molecule is CCOc1cc(/C=N\NC(=O)c2ccc(I)c(O)c2)ccc1O. The predicted molar refractivity (Wildman–Crippen MR) is 95.2 cm³/mol. The number of benzene rings is 2. The van der Waals surface area contributed by atoms with Gasteiger partial charge in [0, 0.05) is 5.56 Å². The van der Waals surface area contributed by atoms with Crippen LogP contribution in [0.25, 0.3) is 0 Å². The van der Waals surface area contributed by atoms with Crippen LogP contribution in [0.3, 0.4) is 0 Å². The first kappa shape index (κ1) is 17.1. The molecule has 3 N–H and O–H groups in total. The van der Waals surface area contributed by atoms with Gasteiger partial charge < -0.3 is 14.9 Å². The second kappa shape index (κ2) is 7.82. The minimum absolute atomic E-state index is 0.0436. The number of aromatic hydroxyl groups is 2. The van der Waals surface area contributed by atoms with E-state index in [-0.39, 0.29) is 11.5 Å². The molecule has 0 spiro atoms. The molecular formula is C16H15IN2O4. The molecule has 1 amide bonds. The maximum atomic E-state index is 11.9. The molecule has 0 fully saturated rings. The number of ether oxygens (including phenoxy) is 1. The Labute approximate surface area is 146 Å². The van der Waals surface area contributed by atoms with Crippen LogP contribution in [-0.2, 0) is 0 Å². The molecule has 0 bridgehead atoms. The lowest BCUT2D eigenvalue weighted by Gasteiger charge is -2.06. The van der Waals surface area contributed by atoms with Crippen molar-refractivity contribution >= 4 is 34.7 Å². The van der Waals surface area contributed by atoms with Gasteiger partial charge in [0.1, 0.15) is 5.75 Å². The van der Waals surface area contributed by atoms with Gasteiger partial charge in [0.25, 0.3) is 5.91 Å². The topological polar surface area (TPSA) is 91.2 Å². The standard InChI is InChI=1S/C16H15IN2O4/c1-2-23-15-7-10(3-6-13(15)20)9-18-19-16(22)11-4-5-12(17)14(21)8-11/h3-9,20-21H,2H2,1H3,(H,19,22)/b18-9-. The molecule has 0 aliphatic carbocycles. The molecule has 120 valence electrons. The summed E-state index contributed by atoms with van der Waals surface area (Å²) in [5, 5.41) is 23.1. The summed E-state index contributed by atoms with van der Waals surface area (Å²) >= 11 is 1.97. The monoisotopic (exact) mass is 426 g/mol. The maximum absolute atomic E-state index is 11.9. The van der Waals surface area contributed by atoms with E-state index >= 15 is 0 Å². The van der Waals surface area contributed by atoms with E-state index in [2.05, 4.69) is 10.5 Å². The molecule has 2 aromatic rings. The predicted octanol–water partition coefficient (Wildman–Crippen LogP) is 2.87. The van der Waals surface area contributed by atoms with Crippen LogP contribution < -0.4 is 10.2 Å². The number of nitrogens with one attached hydrogen (secondary N) is 1. The van der Waals surface area contributed by atoms with Crippen LogP contribution in [0.5, 0.6) is 17.2 Å². The largest absolute Gasteiger partial charge is 0.507 e. The van der Waals surface area contributed by atoms with Gasteiger partial charge in [0.05, 0.1) is 16.4 Å². The van der Waals surface area contributed by atoms with Gasteiger partial charge >= 0.3 is 0 Å². The molecular weight excluding hydrogens is 411 g/mol.